The van der Waals surface area contributed by atoms with Gasteiger partial charge in [-0.15, -0.1) is 21.5 Å². The van der Waals surface area contributed by atoms with Gasteiger partial charge in [-0.05, 0) is 25.5 Å². The molecule has 2 aromatic rings. The number of aromatic nitrogens is 3. The van der Waals surface area contributed by atoms with E-state index in [-0.39, 0.29) is 11.8 Å². The molecule has 0 fully saturated rings. The Kier molecular flexibility index (Phi) is 5.66. The Hall–Kier alpha value is -1.05. The smallest absolute Gasteiger partial charge is 0.313 e. The van der Waals surface area contributed by atoms with Crippen LogP contribution in [0.4, 0.5) is 0 Å². The Morgan fingerprint density at radius 3 is 2.86 bits per heavy atom. The maximum atomic E-state index is 10.8. The summed E-state index contributed by atoms with van der Waals surface area (Å²) < 4.78 is 2.75. The van der Waals surface area contributed by atoms with Gasteiger partial charge in [-0.25, -0.2) is 0 Å². The number of carboxylic acid groups (broad SMARTS) is 1. The summed E-state index contributed by atoms with van der Waals surface area (Å²) in [5.74, 6) is -0.0110. The van der Waals surface area contributed by atoms with Gasteiger partial charge in [-0.2, -0.15) is 0 Å². The molecule has 114 valence electrons. The van der Waals surface area contributed by atoms with Crippen molar-refractivity contribution in [3.8, 4) is 0 Å². The Bertz CT molecular complexity index is 627. The van der Waals surface area contributed by atoms with E-state index >= 15 is 0 Å². The van der Waals surface area contributed by atoms with Crippen molar-refractivity contribution in [2.24, 2.45) is 0 Å². The highest BCUT2D eigenvalue weighted by Crippen LogP contribution is 2.32. The molecule has 2 heterocycles. The van der Waals surface area contributed by atoms with E-state index in [1.807, 2.05) is 16.7 Å². The molecule has 0 spiro atoms. The second-order valence-electron chi connectivity index (χ2n) is 4.52. The average molecular weight is 346 g/mol. The van der Waals surface area contributed by atoms with Gasteiger partial charge in [0.05, 0.1) is 16.1 Å². The van der Waals surface area contributed by atoms with Crippen LogP contribution in [0.3, 0.4) is 0 Å². The molecule has 1 unspecified atom stereocenters. The first-order chi connectivity index (χ1) is 10.0. The fourth-order valence-electron chi connectivity index (χ4n) is 2.00. The third-order valence-corrected chi connectivity index (χ3v) is 5.26. The number of carbonyl (C=O) groups is 1. The summed E-state index contributed by atoms with van der Waals surface area (Å²) in [6, 6.07) is 3.89. The van der Waals surface area contributed by atoms with Crippen LogP contribution >= 0.6 is 34.7 Å². The zero-order valence-electron chi connectivity index (χ0n) is 11.7. The molecule has 0 aliphatic heterocycles. The predicted molar refractivity (Wildman–Crippen MR) is 85.5 cm³/mol. The molecular weight excluding hydrogens is 330 g/mol. The van der Waals surface area contributed by atoms with E-state index in [0.717, 1.165) is 27.9 Å². The lowest BCUT2D eigenvalue weighted by Crippen LogP contribution is -2.12. The van der Waals surface area contributed by atoms with Crippen LogP contribution in [-0.4, -0.2) is 31.6 Å². The van der Waals surface area contributed by atoms with Crippen LogP contribution in [0.5, 0.6) is 0 Å². The molecule has 0 saturated heterocycles. The van der Waals surface area contributed by atoms with Gasteiger partial charge in [0, 0.05) is 11.3 Å². The number of thioether (sulfide) groups is 1. The number of hydrogen-bond donors (Lipinski definition) is 1. The zero-order valence-corrected chi connectivity index (χ0v) is 14.1. The standard InChI is InChI=1S/C13H16ClN3O2S2/c1-3-4-11-15-16-13(20-7-12(18)19)17(11)8(2)9-5-6-10(14)21-9/h5-6,8H,3-4,7H2,1-2H3,(H,18,19). The lowest BCUT2D eigenvalue weighted by molar-refractivity contribution is -0.133. The molecule has 0 aromatic carbocycles. The third kappa shape index (κ3) is 3.99. The van der Waals surface area contributed by atoms with Crippen molar-refractivity contribution in [1.29, 1.82) is 0 Å². The molecule has 0 bridgehead atoms. The molecule has 2 rings (SSSR count). The SMILES string of the molecule is CCCc1nnc(SCC(=O)O)n1C(C)c1ccc(Cl)s1. The molecule has 5 nitrogen and oxygen atoms in total. The molecule has 0 saturated carbocycles. The molecule has 2 aromatic heterocycles. The summed E-state index contributed by atoms with van der Waals surface area (Å²) in [7, 11) is 0. The molecule has 1 atom stereocenters. The van der Waals surface area contributed by atoms with Gasteiger partial charge in [0.2, 0.25) is 0 Å². The van der Waals surface area contributed by atoms with Crippen molar-refractivity contribution in [1.82, 2.24) is 14.8 Å². The number of halogens is 1. The van der Waals surface area contributed by atoms with E-state index in [1.54, 1.807) is 0 Å². The molecule has 0 aliphatic rings. The van der Waals surface area contributed by atoms with E-state index in [0.29, 0.717) is 5.16 Å². The molecule has 21 heavy (non-hydrogen) atoms. The number of nitrogens with zero attached hydrogens (tertiary/aromatic N) is 3. The van der Waals surface area contributed by atoms with Gasteiger partial charge in [0.1, 0.15) is 5.82 Å². The van der Waals surface area contributed by atoms with E-state index in [2.05, 4.69) is 24.0 Å². The Morgan fingerprint density at radius 2 is 2.29 bits per heavy atom. The van der Waals surface area contributed by atoms with Gasteiger partial charge in [-0.3, -0.25) is 9.36 Å². The Labute approximate surface area is 136 Å². The Morgan fingerprint density at radius 1 is 1.52 bits per heavy atom. The quantitative estimate of drug-likeness (QED) is 0.774. The van der Waals surface area contributed by atoms with Gasteiger partial charge >= 0.3 is 5.97 Å². The molecular formula is C13H16ClN3O2S2. The van der Waals surface area contributed by atoms with Crippen LogP contribution in [0.25, 0.3) is 0 Å². The zero-order chi connectivity index (χ0) is 15.4. The third-order valence-electron chi connectivity index (χ3n) is 2.93. The summed E-state index contributed by atoms with van der Waals surface area (Å²) in [6.45, 7) is 4.13. The number of thiophene rings is 1. The van der Waals surface area contributed by atoms with Gasteiger partial charge in [0.15, 0.2) is 5.16 Å². The van der Waals surface area contributed by atoms with Crippen molar-refractivity contribution >= 4 is 40.7 Å². The molecule has 0 radical (unpaired) electrons. The van der Waals surface area contributed by atoms with Gasteiger partial charge < -0.3 is 5.11 Å². The maximum Gasteiger partial charge on any atom is 0.313 e. The topological polar surface area (TPSA) is 68.0 Å². The van der Waals surface area contributed by atoms with E-state index in [4.69, 9.17) is 16.7 Å². The molecule has 8 heteroatoms. The summed E-state index contributed by atoms with van der Waals surface area (Å²) in [6.07, 6.45) is 1.77. The number of aryl methyl sites for hydroxylation is 1. The fourth-order valence-corrected chi connectivity index (χ4v) is 3.85. The lowest BCUT2D eigenvalue weighted by atomic mass is 10.2. The molecule has 1 N–H and O–H groups in total. The van der Waals surface area contributed by atoms with Crippen molar-refractivity contribution in [3.63, 3.8) is 0 Å². The largest absolute Gasteiger partial charge is 0.481 e. The highest BCUT2D eigenvalue weighted by Gasteiger charge is 2.20. The first-order valence-electron chi connectivity index (χ1n) is 6.56. The second-order valence-corrected chi connectivity index (χ2v) is 7.21. The minimum atomic E-state index is -0.863. The normalized spacial score (nSPS) is 12.5. The minimum Gasteiger partial charge on any atom is -0.481 e. The van der Waals surface area contributed by atoms with E-state index in [1.165, 1.54) is 23.1 Å². The predicted octanol–water partition coefficient (Wildman–Crippen LogP) is 3.73. The summed E-state index contributed by atoms with van der Waals surface area (Å²) in [5.41, 5.74) is 0. The van der Waals surface area contributed by atoms with Crippen LogP contribution in [0.2, 0.25) is 4.34 Å². The minimum absolute atomic E-state index is 0.0256. The highest BCUT2D eigenvalue weighted by molar-refractivity contribution is 7.99. The van der Waals surface area contributed by atoms with Crippen LogP contribution in [0.15, 0.2) is 17.3 Å². The van der Waals surface area contributed by atoms with Crippen molar-refractivity contribution < 1.29 is 9.90 Å². The summed E-state index contributed by atoms with van der Waals surface area (Å²) in [4.78, 5) is 11.9. The monoisotopic (exact) mass is 345 g/mol. The Balaban J connectivity index is 2.33. The fraction of sp³-hybridized carbons (Fsp3) is 0.462. The highest BCUT2D eigenvalue weighted by atomic mass is 35.5. The second kappa shape index (κ2) is 7.29. The van der Waals surface area contributed by atoms with Crippen LogP contribution in [-0.2, 0) is 11.2 Å². The van der Waals surface area contributed by atoms with Crippen LogP contribution in [0, 0.1) is 0 Å². The number of hydrogen-bond acceptors (Lipinski definition) is 5. The van der Waals surface area contributed by atoms with Crippen molar-refractivity contribution in [3.05, 3.63) is 27.2 Å². The van der Waals surface area contributed by atoms with Crippen LogP contribution in [0.1, 0.15) is 37.0 Å². The number of aliphatic carboxylic acids is 1. The first-order valence-corrected chi connectivity index (χ1v) is 8.74. The molecule has 0 amide bonds. The number of rotatable bonds is 7. The van der Waals surface area contributed by atoms with Crippen molar-refractivity contribution in [2.45, 2.75) is 37.9 Å². The lowest BCUT2D eigenvalue weighted by Gasteiger charge is -2.16. The maximum absolute atomic E-state index is 10.8. The van der Waals surface area contributed by atoms with Crippen LogP contribution < -0.4 is 0 Å². The van der Waals surface area contributed by atoms with Gasteiger partial charge in [-0.1, -0.05) is 30.3 Å². The summed E-state index contributed by atoms with van der Waals surface area (Å²) >= 11 is 8.71. The average Bonchev–Trinajstić information content (AvgIpc) is 3.03. The summed E-state index contributed by atoms with van der Waals surface area (Å²) in [5, 5.41) is 17.8. The number of carboxylic acids is 1. The van der Waals surface area contributed by atoms with Gasteiger partial charge in [0.25, 0.3) is 0 Å². The van der Waals surface area contributed by atoms with Crippen molar-refractivity contribution in [2.75, 3.05) is 5.75 Å². The molecule has 0 aliphatic carbocycles. The van der Waals surface area contributed by atoms with E-state index in [9.17, 15) is 4.79 Å². The van der Waals surface area contributed by atoms with E-state index < -0.39 is 5.97 Å². The first kappa shape index (κ1) is 16.3.